The highest BCUT2D eigenvalue weighted by molar-refractivity contribution is 7.43. The van der Waals surface area contributed by atoms with Gasteiger partial charge in [0.25, 0.3) is 0 Å². The molecule has 13 heavy (non-hydrogen) atoms. The molecule has 3 N–H and O–H groups in total. The summed E-state index contributed by atoms with van der Waals surface area (Å²) < 4.78 is 10.7. The summed E-state index contributed by atoms with van der Waals surface area (Å²) in [7, 11) is -1.29. The minimum absolute atomic E-state index is 0.310. The first-order chi connectivity index (χ1) is 5.93. The van der Waals surface area contributed by atoms with Gasteiger partial charge in [-0.25, -0.2) is 0 Å². The summed E-state index contributed by atoms with van der Waals surface area (Å²) in [4.78, 5) is 21.4. The Morgan fingerprint density at radius 2 is 2.08 bits per heavy atom. The molecule has 0 bridgehead atoms. The van der Waals surface area contributed by atoms with Crippen LogP contribution in [0.15, 0.2) is 0 Å². The van der Waals surface area contributed by atoms with Gasteiger partial charge in [0, 0.05) is 13.3 Å². The monoisotopic (exact) mass is 205 g/mol. The van der Waals surface area contributed by atoms with E-state index in [9.17, 15) is 14.2 Å². The first kappa shape index (κ1) is 12.0. The van der Waals surface area contributed by atoms with Crippen molar-refractivity contribution < 1.29 is 14.2 Å². The van der Waals surface area contributed by atoms with Crippen LogP contribution >= 0.6 is 7.80 Å². The maximum atomic E-state index is 10.8. The van der Waals surface area contributed by atoms with Crippen molar-refractivity contribution in [1.29, 1.82) is 0 Å². The number of carbonyl (C=O) groups is 2. The zero-order chi connectivity index (χ0) is 10.4. The molecule has 0 saturated carbocycles. The van der Waals surface area contributed by atoms with E-state index in [1.807, 2.05) is 0 Å². The molecule has 6 heteroatoms. The minimum atomic E-state index is -1.29. The van der Waals surface area contributed by atoms with Crippen molar-refractivity contribution in [2.75, 3.05) is 12.8 Å². The van der Waals surface area contributed by atoms with Crippen LogP contribution in [0, 0.1) is 0 Å². The number of amides is 2. The van der Waals surface area contributed by atoms with Gasteiger partial charge in [-0.05, 0) is 0 Å². The van der Waals surface area contributed by atoms with E-state index in [1.54, 1.807) is 6.66 Å². The highest BCUT2D eigenvalue weighted by Gasteiger charge is 2.19. The number of nitrogens with one attached hydrogen (secondary N) is 1. The van der Waals surface area contributed by atoms with E-state index in [1.165, 1.54) is 6.92 Å². The normalized spacial score (nSPS) is 13.2. The van der Waals surface area contributed by atoms with Gasteiger partial charge in [-0.3, -0.25) is 9.59 Å². The highest BCUT2D eigenvalue weighted by atomic mass is 31.1. The first-order valence-electron chi connectivity index (χ1n) is 3.88. The maximum Gasteiger partial charge on any atom is 0.335 e. The van der Waals surface area contributed by atoms with E-state index in [0.29, 0.717) is 12.6 Å². The molecule has 0 aliphatic carbocycles. The molecule has 74 valence electrons. The third kappa shape index (κ3) is 6.22. The highest BCUT2D eigenvalue weighted by Crippen LogP contribution is 2.15. The summed E-state index contributed by atoms with van der Waals surface area (Å²) >= 11 is 0. The maximum absolute atomic E-state index is 10.8. The van der Waals surface area contributed by atoms with E-state index in [4.69, 9.17) is 5.73 Å². The van der Waals surface area contributed by atoms with Gasteiger partial charge < -0.3 is 11.1 Å². The zero-order valence-electron chi connectivity index (χ0n) is 7.74. The SMILES string of the molecule is CC(=O)NC(CC[P+](C)=O)C(N)=O. The molecule has 0 spiro atoms. The molecule has 0 aromatic carbocycles. The lowest BCUT2D eigenvalue weighted by Crippen LogP contribution is -2.43. The third-order valence-corrected chi connectivity index (χ3v) is 2.34. The van der Waals surface area contributed by atoms with Crippen LogP contribution in [0.4, 0.5) is 0 Å². The van der Waals surface area contributed by atoms with Gasteiger partial charge in [0.15, 0.2) is 0 Å². The number of hydrogen-bond acceptors (Lipinski definition) is 3. The number of nitrogens with two attached hydrogens (primary N) is 1. The van der Waals surface area contributed by atoms with Crippen LogP contribution in [0.1, 0.15) is 13.3 Å². The van der Waals surface area contributed by atoms with Crippen molar-refractivity contribution in [2.45, 2.75) is 19.4 Å². The fourth-order valence-electron chi connectivity index (χ4n) is 0.842. The second kappa shape index (κ2) is 5.65. The Labute approximate surface area is 77.8 Å². The van der Waals surface area contributed by atoms with Crippen molar-refractivity contribution in [1.82, 2.24) is 5.32 Å². The summed E-state index contributed by atoms with van der Waals surface area (Å²) in [5, 5.41) is 2.39. The molecular formula is C7H14N2O3P+. The predicted octanol–water partition coefficient (Wildman–Crippen LogP) is -0.176. The van der Waals surface area contributed by atoms with Crippen molar-refractivity contribution in [3.63, 3.8) is 0 Å². The van der Waals surface area contributed by atoms with E-state index < -0.39 is 19.8 Å². The van der Waals surface area contributed by atoms with Crippen LogP contribution in [0.3, 0.4) is 0 Å². The zero-order valence-corrected chi connectivity index (χ0v) is 8.64. The Kier molecular flexibility index (Phi) is 5.23. The van der Waals surface area contributed by atoms with E-state index in [0.717, 1.165) is 0 Å². The average molecular weight is 205 g/mol. The first-order valence-corrected chi connectivity index (χ1v) is 5.77. The third-order valence-electron chi connectivity index (χ3n) is 1.45. The van der Waals surface area contributed by atoms with E-state index >= 15 is 0 Å². The number of rotatable bonds is 5. The number of carbonyl (C=O) groups excluding carboxylic acids is 2. The van der Waals surface area contributed by atoms with Gasteiger partial charge in [-0.1, -0.05) is 4.57 Å². The molecule has 0 rings (SSSR count). The van der Waals surface area contributed by atoms with Crippen LogP contribution in [-0.4, -0.2) is 30.7 Å². The number of primary amides is 1. The largest absolute Gasteiger partial charge is 0.368 e. The van der Waals surface area contributed by atoms with Crippen LogP contribution < -0.4 is 11.1 Å². The lowest BCUT2D eigenvalue weighted by atomic mass is 10.2. The van der Waals surface area contributed by atoms with E-state index in [-0.39, 0.29) is 5.91 Å². The van der Waals surface area contributed by atoms with Crippen molar-refractivity contribution in [2.24, 2.45) is 5.73 Å². The molecule has 0 aliphatic heterocycles. The molecule has 0 aliphatic rings. The quantitative estimate of drug-likeness (QED) is 0.610. The second-order valence-corrected chi connectivity index (χ2v) is 4.50. The standard InChI is InChI=1S/C7H13N2O3P/c1-5(10)9-6(7(8)11)3-4-13(2)12/h6H,3-4H2,1-2H3,(H2-,8,9,10,11)/p+1. The summed E-state index contributed by atoms with van der Waals surface area (Å²) in [6.45, 7) is 2.88. The molecular weight excluding hydrogens is 191 g/mol. The fraction of sp³-hybridized carbons (Fsp3) is 0.714. The Hall–Kier alpha value is -0.960. The fourth-order valence-corrected chi connectivity index (χ4v) is 1.46. The lowest BCUT2D eigenvalue weighted by Gasteiger charge is -2.10. The lowest BCUT2D eigenvalue weighted by molar-refractivity contribution is -0.126. The Morgan fingerprint density at radius 1 is 1.54 bits per heavy atom. The summed E-state index contributed by atoms with van der Waals surface area (Å²) in [5.41, 5.74) is 5.02. The molecule has 0 aromatic heterocycles. The van der Waals surface area contributed by atoms with Crippen molar-refractivity contribution >= 4 is 19.6 Å². The van der Waals surface area contributed by atoms with Gasteiger partial charge in [0.1, 0.15) is 18.9 Å². The van der Waals surface area contributed by atoms with Crippen LogP contribution in [-0.2, 0) is 14.2 Å². The molecule has 2 atom stereocenters. The molecule has 2 unspecified atom stereocenters. The van der Waals surface area contributed by atoms with Crippen LogP contribution in [0.5, 0.6) is 0 Å². The Morgan fingerprint density at radius 3 is 2.38 bits per heavy atom. The predicted molar refractivity (Wildman–Crippen MR) is 49.8 cm³/mol. The summed E-state index contributed by atoms with van der Waals surface area (Å²) in [5.74, 6) is -0.901. The Balaban J connectivity index is 4.02. The molecule has 0 fully saturated rings. The summed E-state index contributed by atoms with van der Waals surface area (Å²) in [6, 6.07) is -0.698. The molecule has 0 saturated heterocycles. The van der Waals surface area contributed by atoms with E-state index in [2.05, 4.69) is 5.32 Å². The number of hydrogen-bond donors (Lipinski definition) is 2. The summed E-state index contributed by atoms with van der Waals surface area (Å²) in [6.07, 6.45) is 0.726. The van der Waals surface area contributed by atoms with Crippen molar-refractivity contribution in [3.05, 3.63) is 0 Å². The van der Waals surface area contributed by atoms with Gasteiger partial charge in [-0.15, -0.1) is 0 Å². The van der Waals surface area contributed by atoms with Crippen LogP contribution in [0.25, 0.3) is 0 Å². The van der Waals surface area contributed by atoms with Gasteiger partial charge in [-0.2, -0.15) is 0 Å². The average Bonchev–Trinajstić information content (AvgIpc) is 1.96. The molecule has 5 nitrogen and oxygen atoms in total. The second-order valence-electron chi connectivity index (χ2n) is 2.80. The molecule has 0 heterocycles. The minimum Gasteiger partial charge on any atom is -0.368 e. The topological polar surface area (TPSA) is 89.3 Å². The molecule has 0 radical (unpaired) electrons. The van der Waals surface area contributed by atoms with Gasteiger partial charge in [0.2, 0.25) is 11.8 Å². The van der Waals surface area contributed by atoms with Crippen molar-refractivity contribution in [3.8, 4) is 0 Å². The van der Waals surface area contributed by atoms with Gasteiger partial charge in [0.05, 0.1) is 0 Å². The van der Waals surface area contributed by atoms with Crippen LogP contribution in [0.2, 0.25) is 0 Å². The Bertz CT molecular complexity index is 230. The van der Waals surface area contributed by atoms with Gasteiger partial charge >= 0.3 is 7.80 Å². The molecule has 0 aromatic rings. The molecule has 2 amide bonds. The smallest absolute Gasteiger partial charge is 0.335 e.